The molecule has 7 aliphatic rings. The molecule has 0 spiro atoms. The van der Waals surface area contributed by atoms with E-state index in [-0.39, 0.29) is 41.8 Å². The maximum Gasteiger partial charge on any atom is 0.302 e. The molecule has 7 fully saturated rings. The van der Waals surface area contributed by atoms with E-state index in [1.807, 2.05) is 13.8 Å². The van der Waals surface area contributed by atoms with Crippen molar-refractivity contribution in [1.82, 2.24) is 0 Å². The second-order valence-corrected chi connectivity index (χ2v) is 21.4. The van der Waals surface area contributed by atoms with Gasteiger partial charge in [0.2, 0.25) is 0 Å². The molecule has 15 nitrogen and oxygen atoms in total. The molecule has 0 amide bonds. The van der Waals surface area contributed by atoms with Crippen molar-refractivity contribution < 1.29 is 74.1 Å². The number of esters is 1. The lowest BCUT2D eigenvalue weighted by molar-refractivity contribution is -0.377. The number of aliphatic hydroxyl groups is 8. The van der Waals surface area contributed by atoms with Gasteiger partial charge in [-0.3, -0.25) is 4.79 Å². The van der Waals surface area contributed by atoms with Gasteiger partial charge in [-0.15, -0.1) is 0 Å². The van der Waals surface area contributed by atoms with Crippen LogP contribution in [0.15, 0.2) is 0 Å². The Morgan fingerprint density at radius 1 is 0.793 bits per heavy atom. The summed E-state index contributed by atoms with van der Waals surface area (Å²) in [7, 11) is 0. The number of ether oxygens (including phenoxy) is 6. The van der Waals surface area contributed by atoms with Crippen molar-refractivity contribution in [1.29, 1.82) is 0 Å². The standard InChI is InChI=1S/C43H72O15/c1-20(44)53-19-25-31(49)32(50)34(57-36-33(51)30(48)23(46)18-54-36)37(56-25)55-24-17-42(8)26(40(6)13-11-27(47)38(2,3)35(24)40)16-22(45)29-21(10-14-41(29,42)7)43(9)15-12-28(58-43)39(4,5)52/h21-37,45-52H,10-19H2,1-9H3/t21-,22+,23+,24-,25+,26+,27-,28-,29-,30-,31+,32-,33-,34+,35-,36-,37+,40+,41+,42+,43?/m0/s1. The van der Waals surface area contributed by atoms with Crippen LogP contribution in [0.2, 0.25) is 0 Å². The maximum absolute atomic E-state index is 12.4. The molecule has 1 unspecified atom stereocenters. The molecule has 0 aromatic heterocycles. The van der Waals surface area contributed by atoms with E-state index in [9.17, 15) is 45.6 Å². The fraction of sp³-hybridized carbons (Fsp3) is 0.977. The topological polar surface area (TPSA) is 234 Å². The number of carbonyl (C=O) groups excluding carboxylic acids is 1. The first-order valence-corrected chi connectivity index (χ1v) is 21.7. The smallest absolute Gasteiger partial charge is 0.302 e. The molecule has 4 saturated carbocycles. The summed E-state index contributed by atoms with van der Waals surface area (Å²) in [6.45, 7) is 17.2. The van der Waals surface area contributed by atoms with Gasteiger partial charge in [0.25, 0.3) is 0 Å². The molecule has 15 heteroatoms. The maximum atomic E-state index is 12.4. The SMILES string of the molecule is CC(=O)OC[C@H]1O[C@@H](O[C@H]2C[C@]3(C)[C@H](C[C@@H](O)[C@@H]4[C@@H](C5(C)CC[C@@H](C(C)(C)O)O5)CC[C@]43C)[C@@]3(C)CC[C@H](O)C(C)(C)[C@H]23)[C@H](O[C@@H]2OC[C@@H](O)[C@H](O)[C@@H]2O)[C@@H](O)[C@@H]1O. The zero-order valence-corrected chi connectivity index (χ0v) is 35.8. The number of fused-ring (bicyclic) bond motifs is 5. The molecule has 0 radical (unpaired) electrons. The molecule has 3 heterocycles. The van der Waals surface area contributed by atoms with Crippen LogP contribution >= 0.6 is 0 Å². The average Bonchev–Trinajstić information content (AvgIpc) is 3.73. The number of aliphatic hydroxyl groups excluding tert-OH is 7. The van der Waals surface area contributed by atoms with Crippen LogP contribution < -0.4 is 0 Å². The summed E-state index contributed by atoms with van der Waals surface area (Å²) in [5.41, 5.74) is -3.47. The van der Waals surface area contributed by atoms with Crippen molar-refractivity contribution in [2.75, 3.05) is 13.2 Å². The number of carbonyl (C=O) groups is 1. The largest absolute Gasteiger partial charge is 0.463 e. The van der Waals surface area contributed by atoms with Gasteiger partial charge in [-0.25, -0.2) is 0 Å². The Kier molecular flexibility index (Phi) is 11.9. The minimum absolute atomic E-state index is 0.0372. The molecule has 3 aliphatic heterocycles. The number of hydrogen-bond acceptors (Lipinski definition) is 15. The van der Waals surface area contributed by atoms with E-state index in [1.165, 1.54) is 6.92 Å². The van der Waals surface area contributed by atoms with Crippen LogP contribution in [0, 0.1) is 45.3 Å². The highest BCUT2D eigenvalue weighted by Gasteiger charge is 2.74. The van der Waals surface area contributed by atoms with Crippen molar-refractivity contribution in [2.45, 2.75) is 205 Å². The lowest BCUT2D eigenvalue weighted by Gasteiger charge is -2.72. The molecule has 3 saturated heterocycles. The first kappa shape index (κ1) is 45.0. The molecular weight excluding hydrogens is 756 g/mol. The van der Waals surface area contributed by atoms with Crippen LogP contribution in [0.4, 0.5) is 0 Å². The predicted molar refractivity (Wildman–Crippen MR) is 205 cm³/mol. The molecular formula is C43H72O15. The third-order valence-corrected chi connectivity index (χ3v) is 17.3. The van der Waals surface area contributed by atoms with Gasteiger partial charge in [-0.2, -0.15) is 0 Å². The minimum atomic E-state index is -1.71. The highest BCUT2D eigenvalue weighted by atomic mass is 16.8. The van der Waals surface area contributed by atoms with Gasteiger partial charge in [-0.1, -0.05) is 34.6 Å². The van der Waals surface area contributed by atoms with E-state index in [2.05, 4.69) is 27.7 Å². The molecule has 21 atom stereocenters. The monoisotopic (exact) mass is 828 g/mol. The zero-order chi connectivity index (χ0) is 42.7. The highest BCUT2D eigenvalue weighted by Crippen LogP contribution is 2.76. The van der Waals surface area contributed by atoms with Crippen LogP contribution in [0.3, 0.4) is 0 Å². The quantitative estimate of drug-likeness (QED) is 0.128. The second-order valence-electron chi connectivity index (χ2n) is 21.4. The van der Waals surface area contributed by atoms with Crippen LogP contribution in [0.5, 0.6) is 0 Å². The molecule has 7 rings (SSSR count). The average molecular weight is 829 g/mol. The van der Waals surface area contributed by atoms with Crippen LogP contribution in [0.1, 0.15) is 114 Å². The Bertz CT molecular complexity index is 1510. The van der Waals surface area contributed by atoms with E-state index >= 15 is 0 Å². The molecule has 58 heavy (non-hydrogen) atoms. The lowest BCUT2D eigenvalue weighted by atomic mass is 9.34. The molecule has 4 aliphatic carbocycles. The normalized spacial score (nSPS) is 54.3. The van der Waals surface area contributed by atoms with E-state index in [0.717, 1.165) is 25.7 Å². The Morgan fingerprint density at radius 2 is 1.48 bits per heavy atom. The van der Waals surface area contributed by atoms with Gasteiger partial charge in [0.05, 0.1) is 42.2 Å². The number of hydrogen-bond donors (Lipinski definition) is 8. The van der Waals surface area contributed by atoms with Crippen LogP contribution in [0.25, 0.3) is 0 Å². The van der Waals surface area contributed by atoms with Gasteiger partial charge in [-0.05, 0) is 117 Å². The Labute approximate surface area is 342 Å². The Morgan fingerprint density at radius 3 is 2.12 bits per heavy atom. The molecule has 8 N–H and O–H groups in total. The Hall–Kier alpha value is -1.05. The number of rotatable bonds is 8. The molecule has 0 aromatic rings. The molecule has 334 valence electrons. The Balaban J connectivity index is 1.26. The fourth-order valence-corrected chi connectivity index (χ4v) is 14.1. The van der Waals surface area contributed by atoms with E-state index < -0.39 is 114 Å². The van der Waals surface area contributed by atoms with Crippen molar-refractivity contribution >= 4 is 5.97 Å². The summed E-state index contributed by atoms with van der Waals surface area (Å²) in [4.78, 5) is 11.9. The fourth-order valence-electron chi connectivity index (χ4n) is 14.1. The summed E-state index contributed by atoms with van der Waals surface area (Å²) >= 11 is 0. The second kappa shape index (κ2) is 15.3. The summed E-state index contributed by atoms with van der Waals surface area (Å²) in [6.07, 6.45) is -10.3. The molecule has 0 bridgehead atoms. The van der Waals surface area contributed by atoms with Crippen LogP contribution in [-0.4, -0.2) is 151 Å². The van der Waals surface area contributed by atoms with Crippen molar-refractivity contribution in [3.05, 3.63) is 0 Å². The van der Waals surface area contributed by atoms with Crippen molar-refractivity contribution in [3.63, 3.8) is 0 Å². The third-order valence-electron chi connectivity index (χ3n) is 17.3. The first-order valence-electron chi connectivity index (χ1n) is 21.7. The summed E-state index contributed by atoms with van der Waals surface area (Å²) in [6, 6.07) is 0. The van der Waals surface area contributed by atoms with Gasteiger partial charge < -0.3 is 69.3 Å². The minimum Gasteiger partial charge on any atom is -0.463 e. The first-order chi connectivity index (χ1) is 26.8. The summed E-state index contributed by atoms with van der Waals surface area (Å²) in [5.74, 6) is -0.933. The summed E-state index contributed by atoms with van der Waals surface area (Å²) in [5, 5.41) is 89.4. The molecule has 0 aromatic carbocycles. The van der Waals surface area contributed by atoms with Gasteiger partial charge in [0.1, 0.15) is 49.3 Å². The predicted octanol–water partition coefficient (Wildman–Crippen LogP) is 1.54. The van der Waals surface area contributed by atoms with Crippen molar-refractivity contribution in [3.8, 4) is 0 Å². The van der Waals surface area contributed by atoms with E-state index in [1.54, 1.807) is 13.8 Å². The summed E-state index contributed by atoms with van der Waals surface area (Å²) < 4.78 is 37.2. The lowest BCUT2D eigenvalue weighted by Crippen LogP contribution is -2.71. The van der Waals surface area contributed by atoms with E-state index in [4.69, 9.17) is 28.4 Å². The third kappa shape index (κ3) is 7.11. The van der Waals surface area contributed by atoms with Gasteiger partial charge in [0, 0.05) is 6.92 Å². The van der Waals surface area contributed by atoms with Gasteiger partial charge in [0.15, 0.2) is 12.6 Å². The van der Waals surface area contributed by atoms with Gasteiger partial charge >= 0.3 is 5.97 Å². The zero-order valence-electron chi connectivity index (χ0n) is 35.8. The van der Waals surface area contributed by atoms with E-state index in [0.29, 0.717) is 25.7 Å². The van der Waals surface area contributed by atoms with Crippen molar-refractivity contribution in [2.24, 2.45) is 45.3 Å². The van der Waals surface area contributed by atoms with Crippen LogP contribution in [-0.2, 0) is 33.2 Å². The highest BCUT2D eigenvalue weighted by molar-refractivity contribution is 5.65.